The van der Waals surface area contributed by atoms with Gasteiger partial charge in [0.1, 0.15) is 16.7 Å². The third kappa shape index (κ3) is 3.24. The van der Waals surface area contributed by atoms with Crippen LogP contribution < -0.4 is 15.4 Å². The van der Waals surface area contributed by atoms with Crippen molar-refractivity contribution in [2.75, 3.05) is 24.3 Å². The van der Waals surface area contributed by atoms with Crippen LogP contribution in [0.25, 0.3) is 0 Å². The molecule has 1 aliphatic rings. The van der Waals surface area contributed by atoms with Crippen LogP contribution in [0, 0.1) is 13.8 Å². The maximum absolute atomic E-state index is 11.2. The van der Waals surface area contributed by atoms with Gasteiger partial charge in [-0.25, -0.2) is 4.98 Å². The molecule has 0 aliphatic carbocycles. The molecule has 0 fully saturated rings. The number of fused-ring (bicyclic) bond motifs is 1. The normalized spacial score (nSPS) is 15.8. The van der Waals surface area contributed by atoms with Crippen LogP contribution in [0.2, 0.25) is 5.15 Å². The number of nitrogen functional groups attached to an aromatic ring is 1. The molecule has 0 aromatic carbocycles. The highest BCUT2D eigenvalue weighted by molar-refractivity contribution is 6.30. The maximum Gasteiger partial charge on any atom is 0.304 e. The number of carbonyl (C=O) groups is 1. The van der Waals surface area contributed by atoms with Crippen LogP contribution in [-0.2, 0) is 11.3 Å². The van der Waals surface area contributed by atoms with Gasteiger partial charge < -0.3 is 20.5 Å². The van der Waals surface area contributed by atoms with Crippen LogP contribution in [0.4, 0.5) is 11.8 Å². The number of carboxylic acid groups (broad SMARTS) is 1. The summed E-state index contributed by atoms with van der Waals surface area (Å²) >= 11 is 6.24. The van der Waals surface area contributed by atoms with Crippen molar-refractivity contribution in [3.63, 3.8) is 0 Å². The van der Waals surface area contributed by atoms with Crippen LogP contribution in [-0.4, -0.2) is 39.7 Å². The van der Waals surface area contributed by atoms with Crippen molar-refractivity contribution < 1.29 is 14.6 Å². The number of hydrogen-bond donors (Lipinski definition) is 2. The zero-order chi connectivity index (χ0) is 19.0. The summed E-state index contributed by atoms with van der Waals surface area (Å²) < 4.78 is 5.44. The summed E-state index contributed by atoms with van der Waals surface area (Å²) in [5, 5.41) is 9.42. The molecule has 2 aromatic heterocycles. The molecule has 0 bridgehead atoms. The molecular formula is C17H20ClN5O3. The quantitative estimate of drug-likeness (QED) is 0.763. The number of anilines is 2. The Morgan fingerprint density at radius 3 is 2.85 bits per heavy atom. The Morgan fingerprint density at radius 1 is 1.46 bits per heavy atom. The van der Waals surface area contributed by atoms with E-state index in [0.717, 1.165) is 22.6 Å². The average molecular weight is 378 g/mol. The lowest BCUT2D eigenvalue weighted by atomic mass is 10.0. The van der Waals surface area contributed by atoms with Crippen LogP contribution in [0.1, 0.15) is 34.7 Å². The Hall–Kier alpha value is -2.61. The van der Waals surface area contributed by atoms with Gasteiger partial charge in [-0.3, -0.25) is 9.78 Å². The fourth-order valence-electron chi connectivity index (χ4n) is 3.41. The lowest BCUT2D eigenvalue weighted by Crippen LogP contribution is -2.23. The lowest BCUT2D eigenvalue weighted by Gasteiger charge is -2.21. The summed E-state index contributed by atoms with van der Waals surface area (Å²) in [6.45, 7) is 4.81. The summed E-state index contributed by atoms with van der Waals surface area (Å²) in [4.78, 5) is 25.9. The number of hydrogen-bond acceptors (Lipinski definition) is 7. The van der Waals surface area contributed by atoms with Crippen molar-refractivity contribution in [2.24, 2.45) is 0 Å². The molecule has 1 aliphatic heterocycles. The second-order valence-electron chi connectivity index (χ2n) is 6.31. The van der Waals surface area contributed by atoms with Crippen molar-refractivity contribution in [1.29, 1.82) is 0 Å². The van der Waals surface area contributed by atoms with E-state index in [1.165, 1.54) is 0 Å². The molecule has 0 saturated carbocycles. The molecule has 0 saturated heterocycles. The fraction of sp³-hybridized carbons (Fsp3) is 0.412. The monoisotopic (exact) mass is 377 g/mol. The van der Waals surface area contributed by atoms with Crippen LogP contribution in [0.3, 0.4) is 0 Å². The Morgan fingerprint density at radius 2 is 2.19 bits per heavy atom. The van der Waals surface area contributed by atoms with E-state index in [-0.39, 0.29) is 23.4 Å². The first-order valence-electron chi connectivity index (χ1n) is 8.10. The second kappa shape index (κ2) is 6.95. The highest BCUT2D eigenvalue weighted by Gasteiger charge is 2.35. The van der Waals surface area contributed by atoms with Crippen molar-refractivity contribution in [3.05, 3.63) is 33.7 Å². The lowest BCUT2D eigenvalue weighted by molar-refractivity contribution is -0.137. The summed E-state index contributed by atoms with van der Waals surface area (Å²) in [5.74, 6) is 0.185. The van der Waals surface area contributed by atoms with Gasteiger partial charge in [-0.2, -0.15) is 4.98 Å². The van der Waals surface area contributed by atoms with E-state index >= 15 is 0 Å². The number of aliphatic carboxylic acids is 1. The Labute approximate surface area is 156 Å². The molecule has 0 radical (unpaired) electrons. The van der Waals surface area contributed by atoms with Crippen molar-refractivity contribution in [1.82, 2.24) is 15.0 Å². The smallest absolute Gasteiger partial charge is 0.304 e. The summed E-state index contributed by atoms with van der Waals surface area (Å²) in [7, 11) is 1.61. The highest BCUT2D eigenvalue weighted by atomic mass is 35.5. The van der Waals surface area contributed by atoms with Gasteiger partial charge in [-0.1, -0.05) is 11.6 Å². The molecule has 3 N–H and O–H groups in total. The molecular weight excluding hydrogens is 358 g/mol. The van der Waals surface area contributed by atoms with Gasteiger partial charge in [-0.05, 0) is 25.0 Å². The topological polar surface area (TPSA) is 114 Å². The van der Waals surface area contributed by atoms with Crippen LogP contribution in [0.5, 0.6) is 5.75 Å². The number of ether oxygens (including phenoxy) is 1. The van der Waals surface area contributed by atoms with E-state index in [1.807, 2.05) is 18.7 Å². The van der Waals surface area contributed by atoms with Gasteiger partial charge in [0, 0.05) is 30.8 Å². The van der Waals surface area contributed by atoms with Gasteiger partial charge in [0.15, 0.2) is 0 Å². The van der Waals surface area contributed by atoms with Gasteiger partial charge in [0.2, 0.25) is 5.95 Å². The van der Waals surface area contributed by atoms with Crippen molar-refractivity contribution in [2.45, 2.75) is 32.7 Å². The predicted octanol–water partition coefficient (Wildman–Crippen LogP) is 2.31. The molecule has 0 amide bonds. The Kier molecular flexibility index (Phi) is 4.86. The summed E-state index contributed by atoms with van der Waals surface area (Å²) in [6, 6.07) is 0. The summed E-state index contributed by atoms with van der Waals surface area (Å²) in [6.07, 6.45) is 1.74. The second-order valence-corrected chi connectivity index (χ2v) is 6.67. The van der Waals surface area contributed by atoms with Crippen LogP contribution >= 0.6 is 11.6 Å². The minimum atomic E-state index is -0.898. The van der Waals surface area contributed by atoms with E-state index in [4.69, 9.17) is 22.1 Å². The van der Waals surface area contributed by atoms with Crippen molar-refractivity contribution >= 4 is 29.3 Å². The van der Waals surface area contributed by atoms with Crippen LogP contribution in [0.15, 0.2) is 6.20 Å². The zero-order valence-electron chi connectivity index (χ0n) is 14.8. The van der Waals surface area contributed by atoms with Gasteiger partial charge >= 0.3 is 5.97 Å². The number of aromatic nitrogens is 3. The van der Waals surface area contributed by atoms with E-state index in [0.29, 0.717) is 24.5 Å². The molecule has 2 aromatic rings. The number of halogens is 1. The molecule has 1 unspecified atom stereocenters. The molecule has 9 heteroatoms. The molecule has 1 atom stereocenters. The average Bonchev–Trinajstić information content (AvgIpc) is 2.87. The fourth-order valence-corrected chi connectivity index (χ4v) is 3.74. The largest absolute Gasteiger partial charge is 0.495 e. The molecule has 26 heavy (non-hydrogen) atoms. The van der Waals surface area contributed by atoms with Gasteiger partial charge in [0.05, 0.1) is 19.2 Å². The number of nitrogens with two attached hydrogens (primary N) is 1. The molecule has 8 nitrogen and oxygen atoms in total. The van der Waals surface area contributed by atoms with Crippen molar-refractivity contribution in [3.8, 4) is 5.75 Å². The number of nitrogens with zero attached hydrogens (tertiary/aromatic N) is 4. The SMILES string of the molecule is COc1c(C)ncc(CN2CC(CC(=O)O)c3c(Cl)nc(N)nc32)c1C. The minimum absolute atomic E-state index is 0.0506. The number of rotatable bonds is 5. The van der Waals surface area contributed by atoms with Gasteiger partial charge in [0.25, 0.3) is 0 Å². The van der Waals surface area contributed by atoms with E-state index in [9.17, 15) is 9.90 Å². The van der Waals surface area contributed by atoms with Gasteiger partial charge in [-0.15, -0.1) is 0 Å². The maximum atomic E-state index is 11.2. The first kappa shape index (κ1) is 18.2. The number of methoxy groups -OCH3 is 1. The predicted molar refractivity (Wildman–Crippen MR) is 97.8 cm³/mol. The van der Waals surface area contributed by atoms with E-state index in [2.05, 4.69) is 15.0 Å². The molecule has 0 spiro atoms. The first-order valence-corrected chi connectivity index (χ1v) is 8.48. The standard InChI is InChI=1S/C17H20ClN5O3/c1-8-11(5-20-9(2)14(8)26-3)7-23-6-10(4-12(24)25)13-15(18)21-17(19)22-16(13)23/h5,10H,4,6-7H2,1-3H3,(H,24,25)(H2,19,21,22). The number of aryl methyl sites for hydroxylation is 1. The summed E-state index contributed by atoms with van der Waals surface area (Å²) in [5.41, 5.74) is 9.14. The van der Waals surface area contributed by atoms with E-state index in [1.54, 1.807) is 13.3 Å². The molecule has 3 heterocycles. The highest BCUT2D eigenvalue weighted by Crippen LogP contribution is 2.42. The third-order valence-electron chi connectivity index (χ3n) is 4.60. The molecule has 138 valence electrons. The Balaban J connectivity index is 1.99. The minimum Gasteiger partial charge on any atom is -0.495 e. The number of carboxylic acids is 1. The first-order chi connectivity index (χ1) is 12.3. The van der Waals surface area contributed by atoms with E-state index < -0.39 is 5.97 Å². The molecule has 3 rings (SSSR count). The zero-order valence-corrected chi connectivity index (χ0v) is 15.5. The Bertz CT molecular complexity index is 874. The third-order valence-corrected chi connectivity index (χ3v) is 4.88. The number of pyridine rings is 1.